The van der Waals surface area contributed by atoms with Crippen LogP contribution in [0.3, 0.4) is 0 Å². The molecule has 5 atom stereocenters. The number of Topliss-reactive ketones (excluding diaryl/α,β-unsaturated/α-hetero) is 2. The second-order valence-electron chi connectivity index (χ2n) is 9.84. The second-order valence-corrected chi connectivity index (χ2v) is 9.84. The number of ketones is 2. The monoisotopic (exact) mass is 387 g/mol. The van der Waals surface area contributed by atoms with Gasteiger partial charge in [0, 0.05) is 43.2 Å². The highest BCUT2D eigenvalue weighted by atomic mass is 16.2. The van der Waals surface area contributed by atoms with E-state index in [0.29, 0.717) is 42.8 Å². The number of piperidine rings is 1. The summed E-state index contributed by atoms with van der Waals surface area (Å²) < 4.78 is 0. The van der Waals surface area contributed by atoms with Gasteiger partial charge in [-0.25, -0.2) is 0 Å². The highest BCUT2D eigenvalue weighted by Crippen LogP contribution is 2.39. The predicted octanol–water partition coefficient (Wildman–Crippen LogP) is 4.69. The van der Waals surface area contributed by atoms with E-state index in [9.17, 15) is 14.4 Å². The van der Waals surface area contributed by atoms with E-state index < -0.39 is 0 Å². The Morgan fingerprint density at radius 2 is 1.57 bits per heavy atom. The number of carbonyl (C=O) groups excluding carboxylic acids is 3. The minimum Gasteiger partial charge on any atom is -0.339 e. The summed E-state index contributed by atoms with van der Waals surface area (Å²) in [6.07, 6.45) is 15.0. The molecule has 1 saturated heterocycles. The van der Waals surface area contributed by atoms with Crippen molar-refractivity contribution in [2.24, 2.45) is 23.7 Å². The molecule has 156 valence electrons. The van der Waals surface area contributed by atoms with E-state index in [4.69, 9.17) is 0 Å². The molecule has 28 heavy (non-hydrogen) atoms. The van der Waals surface area contributed by atoms with Crippen LogP contribution >= 0.6 is 0 Å². The predicted molar refractivity (Wildman–Crippen MR) is 109 cm³/mol. The molecule has 4 heteroatoms. The summed E-state index contributed by atoms with van der Waals surface area (Å²) in [7, 11) is 0. The third-order valence-corrected chi connectivity index (χ3v) is 8.19. The molecule has 0 aromatic rings. The molecule has 0 aromatic heterocycles. The Labute approximate surface area is 169 Å². The number of fused-ring (bicyclic) bond motifs is 2. The molecule has 0 spiro atoms. The van der Waals surface area contributed by atoms with Gasteiger partial charge in [-0.2, -0.15) is 0 Å². The molecule has 4 nitrogen and oxygen atoms in total. The fourth-order valence-electron chi connectivity index (χ4n) is 6.67. The van der Waals surface area contributed by atoms with Crippen molar-refractivity contribution < 1.29 is 14.4 Å². The minimum atomic E-state index is -0.0189. The molecule has 0 radical (unpaired) electrons. The van der Waals surface area contributed by atoms with Gasteiger partial charge in [0.1, 0.15) is 11.6 Å². The average molecular weight is 388 g/mol. The number of hydrogen-bond acceptors (Lipinski definition) is 3. The summed E-state index contributed by atoms with van der Waals surface area (Å²) in [5.41, 5.74) is 0. The van der Waals surface area contributed by atoms with Crippen LogP contribution in [0.1, 0.15) is 96.3 Å². The Hall–Kier alpha value is -1.19. The van der Waals surface area contributed by atoms with Crippen molar-refractivity contribution >= 4 is 17.5 Å². The van der Waals surface area contributed by atoms with Crippen molar-refractivity contribution in [1.29, 1.82) is 0 Å². The molecule has 3 aliphatic carbocycles. The van der Waals surface area contributed by atoms with Crippen molar-refractivity contribution in [3.05, 3.63) is 0 Å². The molecule has 0 aromatic carbocycles. The van der Waals surface area contributed by atoms with Crippen molar-refractivity contribution in [2.45, 2.75) is 102 Å². The van der Waals surface area contributed by atoms with E-state index in [1.807, 2.05) is 0 Å². The highest BCUT2D eigenvalue weighted by molar-refractivity contribution is 5.93. The van der Waals surface area contributed by atoms with Gasteiger partial charge in [-0.05, 0) is 63.7 Å². The molecule has 1 heterocycles. The van der Waals surface area contributed by atoms with Crippen molar-refractivity contribution in [3.8, 4) is 0 Å². The third kappa shape index (κ3) is 4.21. The molecule has 1 amide bonds. The van der Waals surface area contributed by atoms with Gasteiger partial charge in [0.05, 0.1) is 0 Å². The number of likely N-dealkylation sites (tertiary alicyclic amines) is 1. The standard InChI is InChI=1S/C24H37NO3/c26-22-15-14-18(24(28)20-11-3-2-10-19(20)22)8-5-13-23(27)25-16-6-9-17-7-1-4-12-21(17)25/h17-21H,1-16H2/t17?,18?,19-,20?,21?/m1/s1. The summed E-state index contributed by atoms with van der Waals surface area (Å²) >= 11 is 0. The van der Waals surface area contributed by atoms with Gasteiger partial charge in [0.2, 0.25) is 5.91 Å². The first-order chi connectivity index (χ1) is 13.6. The van der Waals surface area contributed by atoms with Crippen LogP contribution in [0.2, 0.25) is 0 Å². The first-order valence-corrected chi connectivity index (χ1v) is 12.0. The highest BCUT2D eigenvalue weighted by Gasteiger charge is 2.41. The number of rotatable bonds is 4. The topological polar surface area (TPSA) is 54.5 Å². The maximum atomic E-state index is 13.0. The lowest BCUT2D eigenvalue weighted by Crippen LogP contribution is -2.49. The van der Waals surface area contributed by atoms with E-state index in [-0.39, 0.29) is 17.8 Å². The third-order valence-electron chi connectivity index (χ3n) is 8.19. The Bertz CT molecular complexity index is 599. The number of nitrogens with zero attached hydrogens (tertiary/aromatic N) is 1. The maximum absolute atomic E-state index is 13.0. The van der Waals surface area contributed by atoms with Crippen LogP contribution in [0.15, 0.2) is 0 Å². The summed E-state index contributed by atoms with van der Waals surface area (Å²) in [6, 6.07) is 0.482. The van der Waals surface area contributed by atoms with Gasteiger partial charge in [0.25, 0.3) is 0 Å². The Morgan fingerprint density at radius 3 is 2.43 bits per heavy atom. The molecule has 0 bridgehead atoms. The first-order valence-electron chi connectivity index (χ1n) is 12.0. The molecule has 3 saturated carbocycles. The normalized spacial score (nSPS) is 36.4. The smallest absolute Gasteiger partial charge is 0.222 e. The van der Waals surface area contributed by atoms with Crippen LogP contribution in [-0.2, 0) is 14.4 Å². The molecule has 4 rings (SSSR count). The Balaban J connectivity index is 1.30. The second kappa shape index (κ2) is 9.09. The number of carbonyl (C=O) groups is 3. The van der Waals surface area contributed by atoms with Crippen molar-refractivity contribution in [1.82, 2.24) is 4.90 Å². The van der Waals surface area contributed by atoms with Gasteiger partial charge in [0.15, 0.2) is 0 Å². The van der Waals surface area contributed by atoms with Gasteiger partial charge < -0.3 is 4.90 Å². The van der Waals surface area contributed by atoms with E-state index in [0.717, 1.165) is 57.4 Å². The van der Waals surface area contributed by atoms with Gasteiger partial charge in [-0.3, -0.25) is 14.4 Å². The fraction of sp³-hybridized carbons (Fsp3) is 0.875. The van der Waals surface area contributed by atoms with E-state index >= 15 is 0 Å². The molecule has 4 aliphatic rings. The summed E-state index contributed by atoms with van der Waals surface area (Å²) in [6.45, 7) is 0.931. The van der Waals surface area contributed by atoms with E-state index in [2.05, 4.69) is 4.90 Å². The zero-order chi connectivity index (χ0) is 19.5. The molecular weight excluding hydrogens is 350 g/mol. The van der Waals surface area contributed by atoms with Crippen molar-refractivity contribution in [2.75, 3.05) is 6.54 Å². The molecule has 4 fully saturated rings. The van der Waals surface area contributed by atoms with Gasteiger partial charge in [-0.1, -0.05) is 25.7 Å². The van der Waals surface area contributed by atoms with Crippen LogP contribution in [0.5, 0.6) is 0 Å². The zero-order valence-electron chi connectivity index (χ0n) is 17.4. The zero-order valence-corrected chi connectivity index (χ0v) is 17.4. The SMILES string of the molecule is O=C1C(CCCC(=O)N2CCCC3CCCCC32)CCC(=O)[C@@H]2CCCCC12. The minimum absolute atomic E-state index is 0.00414. The summed E-state index contributed by atoms with van der Waals surface area (Å²) in [5.74, 6) is 1.70. The molecular formula is C24H37NO3. The van der Waals surface area contributed by atoms with Crippen LogP contribution in [0, 0.1) is 23.7 Å². The van der Waals surface area contributed by atoms with E-state index in [1.54, 1.807) is 0 Å². The van der Waals surface area contributed by atoms with Crippen LogP contribution in [-0.4, -0.2) is 35.0 Å². The fourth-order valence-corrected chi connectivity index (χ4v) is 6.67. The summed E-state index contributed by atoms with van der Waals surface area (Å²) in [5, 5.41) is 0. The number of hydrogen-bond donors (Lipinski definition) is 0. The molecule has 1 aliphatic heterocycles. The lowest BCUT2D eigenvalue weighted by molar-refractivity contribution is -0.138. The average Bonchev–Trinajstić information content (AvgIpc) is 2.85. The lowest BCUT2D eigenvalue weighted by atomic mass is 9.74. The van der Waals surface area contributed by atoms with Gasteiger partial charge in [-0.15, -0.1) is 0 Å². The Kier molecular flexibility index (Phi) is 6.52. The van der Waals surface area contributed by atoms with Crippen LogP contribution in [0.4, 0.5) is 0 Å². The van der Waals surface area contributed by atoms with Crippen LogP contribution in [0.25, 0.3) is 0 Å². The largest absolute Gasteiger partial charge is 0.339 e. The van der Waals surface area contributed by atoms with E-state index in [1.165, 1.54) is 32.1 Å². The van der Waals surface area contributed by atoms with Crippen LogP contribution < -0.4 is 0 Å². The van der Waals surface area contributed by atoms with Gasteiger partial charge >= 0.3 is 0 Å². The lowest BCUT2D eigenvalue weighted by Gasteiger charge is -2.44. The molecule has 0 N–H and O–H groups in total. The Morgan fingerprint density at radius 1 is 0.857 bits per heavy atom. The summed E-state index contributed by atoms with van der Waals surface area (Å²) in [4.78, 5) is 40.6. The first kappa shape index (κ1) is 20.1. The van der Waals surface area contributed by atoms with Crippen molar-refractivity contribution in [3.63, 3.8) is 0 Å². The molecule has 4 unspecified atom stereocenters. The quantitative estimate of drug-likeness (QED) is 0.703. The number of amides is 1. The maximum Gasteiger partial charge on any atom is 0.222 e.